The number of benzene rings is 2. The fraction of sp³-hybridized carbons (Fsp3) is 0.176. The van der Waals surface area contributed by atoms with E-state index >= 15 is 0 Å². The summed E-state index contributed by atoms with van der Waals surface area (Å²) in [6, 6.07) is 5.41. The van der Waals surface area contributed by atoms with Crippen molar-refractivity contribution in [3.63, 3.8) is 0 Å². The van der Waals surface area contributed by atoms with Gasteiger partial charge in [0.05, 0.1) is 11.1 Å². The number of halogens is 8. The number of hydrogen-bond donors (Lipinski definition) is 1. The first-order valence-corrected chi connectivity index (χ1v) is 10.6. The molecule has 0 aliphatic rings. The predicted octanol–water partition coefficient (Wildman–Crippen LogP) is 6.14. The van der Waals surface area contributed by atoms with Crippen molar-refractivity contribution in [2.24, 2.45) is 0 Å². The Bertz CT molecular complexity index is 945. The van der Waals surface area contributed by atoms with E-state index in [0.717, 1.165) is 0 Å². The molecule has 2 aromatic carbocycles. The summed E-state index contributed by atoms with van der Waals surface area (Å²) in [6.07, 6.45) is -7.34. The van der Waals surface area contributed by atoms with Crippen molar-refractivity contribution in [2.75, 3.05) is 0 Å². The van der Waals surface area contributed by atoms with E-state index in [1.54, 1.807) is 28.7 Å². The van der Waals surface area contributed by atoms with Gasteiger partial charge in [-0.25, -0.2) is 9.59 Å². The van der Waals surface area contributed by atoms with Gasteiger partial charge in [-0.3, -0.25) is 0 Å². The lowest BCUT2D eigenvalue weighted by atomic mass is 10.0. The third kappa shape index (κ3) is 5.68. The van der Waals surface area contributed by atoms with Gasteiger partial charge in [0.25, 0.3) is 0 Å². The number of carbonyl (C=O) groups excluding carboxylic acids is 1. The number of carbonyl (C=O) groups is 2. The molecule has 0 aliphatic heterocycles. The van der Waals surface area contributed by atoms with Crippen LogP contribution in [-0.4, -0.2) is 23.0 Å². The number of alkyl halides is 5. The van der Waals surface area contributed by atoms with Crippen LogP contribution in [0.25, 0.3) is 0 Å². The summed E-state index contributed by atoms with van der Waals surface area (Å²) in [6.45, 7) is 0. The molecule has 156 valence electrons. The smallest absolute Gasteiger partial charge is 0.416 e. The molecule has 0 heterocycles. The summed E-state index contributed by atoms with van der Waals surface area (Å²) in [5.74, 6) is -8.38. The Morgan fingerprint density at radius 1 is 0.966 bits per heavy atom. The maximum atomic E-state index is 14.3. The van der Waals surface area contributed by atoms with Crippen molar-refractivity contribution >= 4 is 79.7 Å². The van der Waals surface area contributed by atoms with Gasteiger partial charge in [-0.2, -0.15) is 22.0 Å². The molecule has 1 N–H and O–H groups in total. The molecule has 0 saturated carbocycles. The minimum Gasteiger partial charge on any atom is -0.477 e. The first-order valence-electron chi connectivity index (χ1n) is 7.39. The molecule has 0 bridgehead atoms. The van der Waals surface area contributed by atoms with E-state index in [1.807, 2.05) is 45.2 Å². The van der Waals surface area contributed by atoms with Crippen LogP contribution < -0.4 is 0 Å². The maximum absolute atomic E-state index is 14.3. The fourth-order valence-electron chi connectivity index (χ4n) is 2.19. The normalized spacial score (nSPS) is 13.1. The van der Waals surface area contributed by atoms with Gasteiger partial charge in [0, 0.05) is 10.7 Å². The topological polar surface area (TPSA) is 63.6 Å². The van der Waals surface area contributed by atoms with Gasteiger partial charge < -0.3 is 9.84 Å². The zero-order chi connectivity index (χ0) is 22.1. The molecular weight excluding hydrogens is 744 g/mol. The molecule has 0 fully saturated rings. The van der Waals surface area contributed by atoms with Crippen LogP contribution in [-0.2, 0) is 15.7 Å². The fourth-order valence-corrected chi connectivity index (χ4v) is 4.56. The highest BCUT2D eigenvalue weighted by molar-refractivity contribution is 14.1. The molecule has 0 amide bonds. The Morgan fingerprint density at radius 2 is 1.52 bits per heavy atom. The van der Waals surface area contributed by atoms with Crippen LogP contribution in [0.2, 0.25) is 0 Å². The van der Waals surface area contributed by atoms with Crippen molar-refractivity contribution in [1.82, 2.24) is 0 Å². The molecular formula is C17H8F5I3O4. The Balaban J connectivity index is 2.48. The number of carboxylic acids is 1. The first kappa shape index (κ1) is 24.5. The van der Waals surface area contributed by atoms with Crippen LogP contribution in [0.5, 0.6) is 0 Å². The van der Waals surface area contributed by atoms with Gasteiger partial charge in [-0.1, -0.05) is 12.1 Å². The van der Waals surface area contributed by atoms with Crippen LogP contribution in [0.3, 0.4) is 0 Å². The molecule has 29 heavy (non-hydrogen) atoms. The molecule has 0 aromatic heterocycles. The first-order chi connectivity index (χ1) is 13.2. The van der Waals surface area contributed by atoms with Crippen molar-refractivity contribution < 1.29 is 41.4 Å². The standard InChI is InChI=1S/C17H8F5I3O4/c18-16(19,15(27)28)13(7-1-3-8(4-2-7)17(20,21)22)29-14(26)10-5-9(23)6-11(24)12(10)25/h1-6,13H,(H,27,28). The zero-order valence-electron chi connectivity index (χ0n) is 13.7. The molecule has 0 saturated heterocycles. The number of hydrogen-bond acceptors (Lipinski definition) is 3. The number of carboxylic acid groups (broad SMARTS) is 1. The SMILES string of the molecule is O=C(OC(c1ccc(C(F)(F)F)cc1)C(F)(F)C(=O)O)c1cc(I)cc(I)c1I. The van der Waals surface area contributed by atoms with E-state index in [1.165, 1.54) is 6.07 Å². The van der Waals surface area contributed by atoms with E-state index in [-0.39, 0.29) is 5.56 Å². The van der Waals surface area contributed by atoms with Crippen molar-refractivity contribution in [1.29, 1.82) is 0 Å². The average molecular weight is 752 g/mol. The quantitative estimate of drug-likeness (QED) is 0.173. The summed E-state index contributed by atoms with van der Waals surface area (Å²) in [7, 11) is 0. The van der Waals surface area contributed by atoms with Crippen molar-refractivity contribution in [3.05, 3.63) is 63.8 Å². The lowest BCUT2D eigenvalue weighted by Crippen LogP contribution is -2.38. The lowest BCUT2D eigenvalue weighted by molar-refractivity contribution is -0.183. The van der Waals surface area contributed by atoms with Crippen LogP contribution in [0.15, 0.2) is 36.4 Å². The average Bonchev–Trinajstić information content (AvgIpc) is 2.61. The molecule has 0 spiro atoms. The highest BCUT2D eigenvalue weighted by Crippen LogP contribution is 2.38. The van der Waals surface area contributed by atoms with Crippen LogP contribution in [0.1, 0.15) is 27.6 Å². The molecule has 0 aliphatic carbocycles. The van der Waals surface area contributed by atoms with E-state index in [9.17, 15) is 31.5 Å². The molecule has 1 unspecified atom stereocenters. The summed E-state index contributed by atoms with van der Waals surface area (Å²) >= 11 is 5.63. The van der Waals surface area contributed by atoms with E-state index < -0.39 is 41.3 Å². The van der Waals surface area contributed by atoms with E-state index in [2.05, 4.69) is 0 Å². The molecule has 12 heteroatoms. The Kier molecular flexibility index (Phi) is 7.73. The lowest BCUT2D eigenvalue weighted by Gasteiger charge is -2.24. The van der Waals surface area contributed by atoms with Crippen LogP contribution in [0, 0.1) is 10.7 Å². The minimum atomic E-state index is -4.71. The van der Waals surface area contributed by atoms with Gasteiger partial charge in [0.1, 0.15) is 0 Å². The van der Waals surface area contributed by atoms with Crippen LogP contribution >= 0.6 is 67.8 Å². The second-order valence-corrected chi connectivity index (χ2v) is 9.07. The summed E-state index contributed by atoms with van der Waals surface area (Å²) in [5.41, 5.74) is -1.78. The highest BCUT2D eigenvalue weighted by Gasteiger charge is 2.51. The minimum absolute atomic E-state index is 0.0694. The highest BCUT2D eigenvalue weighted by atomic mass is 127. The predicted molar refractivity (Wildman–Crippen MR) is 117 cm³/mol. The molecule has 4 nitrogen and oxygen atoms in total. The Hall–Kier alpha value is -0.780. The van der Waals surface area contributed by atoms with Crippen molar-refractivity contribution in [3.8, 4) is 0 Å². The summed E-state index contributed by atoms with van der Waals surface area (Å²) in [4.78, 5) is 23.5. The number of aliphatic carboxylic acids is 1. The zero-order valence-corrected chi connectivity index (χ0v) is 20.2. The molecule has 1 atom stereocenters. The van der Waals surface area contributed by atoms with Gasteiger partial charge in [0.2, 0.25) is 6.10 Å². The molecule has 2 rings (SSSR count). The number of ether oxygens (including phenoxy) is 1. The maximum Gasteiger partial charge on any atom is 0.416 e. The third-order valence-electron chi connectivity index (χ3n) is 3.59. The summed E-state index contributed by atoms with van der Waals surface area (Å²) < 4.78 is 73.1. The Morgan fingerprint density at radius 3 is 2.00 bits per heavy atom. The number of esters is 1. The largest absolute Gasteiger partial charge is 0.477 e. The molecule has 0 radical (unpaired) electrons. The summed E-state index contributed by atoms with van der Waals surface area (Å²) in [5, 5.41) is 8.86. The number of rotatable bonds is 5. The van der Waals surface area contributed by atoms with Gasteiger partial charge in [-0.05, 0) is 97.6 Å². The van der Waals surface area contributed by atoms with Gasteiger partial charge >= 0.3 is 24.0 Å². The van der Waals surface area contributed by atoms with E-state index in [4.69, 9.17) is 9.84 Å². The second-order valence-electron chi connectivity index (χ2n) is 5.58. The van der Waals surface area contributed by atoms with Gasteiger partial charge in [0.15, 0.2) is 0 Å². The molecule has 2 aromatic rings. The third-order valence-corrected chi connectivity index (χ3v) is 7.26. The van der Waals surface area contributed by atoms with Crippen molar-refractivity contribution in [2.45, 2.75) is 18.2 Å². The second kappa shape index (κ2) is 9.15. The Labute approximate surface area is 201 Å². The monoisotopic (exact) mass is 752 g/mol. The van der Waals surface area contributed by atoms with E-state index in [0.29, 0.717) is 35.0 Å². The van der Waals surface area contributed by atoms with Crippen LogP contribution in [0.4, 0.5) is 22.0 Å². The van der Waals surface area contributed by atoms with Gasteiger partial charge in [-0.15, -0.1) is 0 Å².